The summed E-state index contributed by atoms with van der Waals surface area (Å²) in [5, 5.41) is 0. The van der Waals surface area contributed by atoms with E-state index in [0.29, 0.717) is 54.2 Å². The first-order valence-electron chi connectivity index (χ1n) is 12.3. The lowest BCUT2D eigenvalue weighted by molar-refractivity contribution is 0.340. The number of imidazole rings is 1. The van der Waals surface area contributed by atoms with E-state index >= 15 is 0 Å². The van der Waals surface area contributed by atoms with Crippen molar-refractivity contribution in [3.8, 4) is 11.3 Å². The summed E-state index contributed by atoms with van der Waals surface area (Å²) in [6, 6.07) is 10.1. The summed E-state index contributed by atoms with van der Waals surface area (Å²) in [4.78, 5) is 23.4. The summed E-state index contributed by atoms with van der Waals surface area (Å²) < 4.78 is 43.4. The van der Waals surface area contributed by atoms with Gasteiger partial charge in [-0.25, -0.2) is 28.7 Å². The third-order valence-electron chi connectivity index (χ3n) is 7.04. The first-order chi connectivity index (χ1) is 18.8. The number of fused-ring (bicyclic) bond motifs is 1. The van der Waals surface area contributed by atoms with Gasteiger partial charge >= 0.3 is 0 Å². The number of nitrogen functional groups attached to an aromatic ring is 1. The van der Waals surface area contributed by atoms with Gasteiger partial charge in [0.05, 0.1) is 41.7 Å². The molecule has 12 heteroatoms. The summed E-state index contributed by atoms with van der Waals surface area (Å²) in [7, 11) is 0. The van der Waals surface area contributed by atoms with E-state index in [0.717, 1.165) is 29.8 Å². The first-order valence-corrected chi connectivity index (χ1v) is 12.3. The molecule has 0 radical (unpaired) electrons. The zero-order valence-electron chi connectivity index (χ0n) is 20.7. The number of aromatic nitrogens is 6. The normalized spacial score (nSPS) is 17.6. The molecule has 0 aliphatic carbocycles. The van der Waals surface area contributed by atoms with Gasteiger partial charge in [0.2, 0.25) is 5.95 Å². The van der Waals surface area contributed by atoms with Crippen molar-refractivity contribution in [1.29, 1.82) is 0 Å². The Balaban J connectivity index is 1.42. The van der Waals surface area contributed by atoms with Crippen molar-refractivity contribution in [2.24, 2.45) is 5.73 Å². The van der Waals surface area contributed by atoms with Gasteiger partial charge in [0.25, 0.3) is 0 Å². The van der Waals surface area contributed by atoms with Gasteiger partial charge in [-0.1, -0.05) is 6.07 Å². The van der Waals surface area contributed by atoms with Crippen LogP contribution in [-0.4, -0.2) is 42.6 Å². The predicted octanol–water partition coefficient (Wildman–Crippen LogP) is 3.79. The molecule has 0 bridgehead atoms. The molecule has 39 heavy (non-hydrogen) atoms. The molecule has 4 N–H and O–H groups in total. The van der Waals surface area contributed by atoms with Gasteiger partial charge in [-0.05, 0) is 54.8 Å². The topological polar surface area (TPSA) is 125 Å². The van der Waals surface area contributed by atoms with Crippen molar-refractivity contribution in [2.45, 2.75) is 24.9 Å². The quantitative estimate of drug-likeness (QED) is 0.328. The Bertz CT molecular complexity index is 1690. The molecule has 5 heterocycles. The number of nitrogens with zero attached hydrogens (tertiary/aromatic N) is 7. The number of rotatable bonds is 5. The fraction of sp³-hybridized carbons (Fsp3) is 0.222. The zero-order chi connectivity index (χ0) is 27.1. The lowest BCUT2D eigenvalue weighted by Crippen LogP contribution is -2.52. The van der Waals surface area contributed by atoms with Crippen LogP contribution >= 0.6 is 0 Å². The predicted molar refractivity (Wildman–Crippen MR) is 140 cm³/mol. The Morgan fingerprint density at radius 1 is 0.974 bits per heavy atom. The number of piperidine rings is 1. The lowest BCUT2D eigenvalue weighted by Gasteiger charge is -2.41. The highest BCUT2D eigenvalue weighted by Crippen LogP contribution is 2.34. The number of hydrogen-bond donors (Lipinski definition) is 2. The molecule has 1 atom stereocenters. The van der Waals surface area contributed by atoms with Gasteiger partial charge in [0.1, 0.15) is 11.8 Å². The Morgan fingerprint density at radius 2 is 1.85 bits per heavy atom. The molecule has 0 amide bonds. The van der Waals surface area contributed by atoms with E-state index in [1.54, 1.807) is 24.7 Å². The second kappa shape index (κ2) is 9.62. The molecule has 1 aromatic carbocycles. The minimum atomic E-state index is -0.959. The average Bonchev–Trinajstić information content (AvgIpc) is 3.34. The highest BCUT2D eigenvalue weighted by molar-refractivity contribution is 5.81. The van der Waals surface area contributed by atoms with E-state index in [9.17, 15) is 13.2 Å². The van der Waals surface area contributed by atoms with Crippen molar-refractivity contribution in [2.75, 3.05) is 23.7 Å². The molecular formula is C27H24F3N9. The number of pyridine rings is 2. The molecule has 9 nitrogen and oxygen atoms in total. The van der Waals surface area contributed by atoms with Crippen LogP contribution in [0.25, 0.3) is 22.4 Å². The molecule has 1 aliphatic rings. The second-order valence-corrected chi connectivity index (χ2v) is 9.66. The molecular weight excluding hydrogens is 507 g/mol. The minimum Gasteiger partial charge on any atom is -0.382 e. The largest absolute Gasteiger partial charge is 0.382 e. The number of hydrogen-bond acceptors (Lipinski definition) is 8. The maximum atomic E-state index is 14.0. The van der Waals surface area contributed by atoms with E-state index in [2.05, 4.69) is 29.8 Å². The summed E-state index contributed by atoms with van der Waals surface area (Å²) in [6.07, 6.45) is 6.07. The zero-order valence-corrected chi connectivity index (χ0v) is 20.7. The van der Waals surface area contributed by atoms with Gasteiger partial charge in [0.15, 0.2) is 23.1 Å². The van der Waals surface area contributed by atoms with Crippen LogP contribution in [0, 0.1) is 17.6 Å². The summed E-state index contributed by atoms with van der Waals surface area (Å²) in [6.45, 7) is 1.39. The van der Waals surface area contributed by atoms with E-state index in [4.69, 9.17) is 11.5 Å². The van der Waals surface area contributed by atoms with Crippen LogP contribution < -0.4 is 16.4 Å². The molecule has 1 fully saturated rings. The van der Waals surface area contributed by atoms with Gasteiger partial charge in [-0.15, -0.1) is 0 Å². The van der Waals surface area contributed by atoms with Crippen molar-refractivity contribution < 1.29 is 13.2 Å². The van der Waals surface area contributed by atoms with Gasteiger partial charge < -0.3 is 20.9 Å². The van der Waals surface area contributed by atoms with Crippen LogP contribution in [0.1, 0.15) is 24.1 Å². The molecule has 0 spiro atoms. The molecule has 198 valence electrons. The Morgan fingerprint density at radius 3 is 2.67 bits per heavy atom. The van der Waals surface area contributed by atoms with E-state index < -0.39 is 23.1 Å². The Labute approximate surface area is 221 Å². The average molecular weight is 532 g/mol. The SMILES string of the molecule is Nc1ncnc2c1ncn2Cc1cc(-c2ccc(F)c(F)c2)ncc1N1CCCC(N)(c2cccc(F)n2)C1. The monoisotopic (exact) mass is 531 g/mol. The smallest absolute Gasteiger partial charge is 0.213 e. The van der Waals surface area contributed by atoms with Crippen molar-refractivity contribution in [3.63, 3.8) is 0 Å². The van der Waals surface area contributed by atoms with Crippen LogP contribution in [0.3, 0.4) is 0 Å². The standard InChI is InChI=1S/C27H24F3N9/c28-18-6-5-16(9-19(18)29)20-10-17(12-39-15-36-24-25(31)34-14-35-26(24)39)21(11-33-20)38-8-2-7-27(32,13-38)22-3-1-4-23(30)37-22/h1,3-6,9-11,14-15H,2,7-8,12-13,32H2,(H2,31,34,35). The fourth-order valence-electron chi connectivity index (χ4n) is 5.10. The van der Waals surface area contributed by atoms with Crippen LogP contribution in [0.5, 0.6) is 0 Å². The Kier molecular flexibility index (Phi) is 6.10. The lowest BCUT2D eigenvalue weighted by atomic mass is 9.86. The third-order valence-corrected chi connectivity index (χ3v) is 7.04. The molecule has 5 aromatic rings. The highest BCUT2D eigenvalue weighted by atomic mass is 19.2. The van der Waals surface area contributed by atoms with E-state index in [-0.39, 0.29) is 5.82 Å². The van der Waals surface area contributed by atoms with Gasteiger partial charge in [-0.3, -0.25) is 4.98 Å². The van der Waals surface area contributed by atoms with Gasteiger partial charge in [0, 0.05) is 18.7 Å². The maximum absolute atomic E-state index is 14.0. The second-order valence-electron chi connectivity index (χ2n) is 9.66. The van der Waals surface area contributed by atoms with Gasteiger partial charge in [-0.2, -0.15) is 4.39 Å². The fourth-order valence-corrected chi connectivity index (χ4v) is 5.10. The van der Waals surface area contributed by atoms with E-state index in [1.165, 1.54) is 18.5 Å². The molecule has 6 rings (SSSR count). The summed E-state index contributed by atoms with van der Waals surface area (Å²) in [5.74, 6) is -2.21. The molecule has 1 aliphatic heterocycles. The third kappa shape index (κ3) is 4.63. The molecule has 1 unspecified atom stereocenters. The summed E-state index contributed by atoms with van der Waals surface area (Å²) in [5.41, 5.74) is 15.9. The Hall–Kier alpha value is -4.58. The van der Waals surface area contributed by atoms with Crippen LogP contribution in [-0.2, 0) is 12.1 Å². The maximum Gasteiger partial charge on any atom is 0.213 e. The van der Waals surface area contributed by atoms with Crippen LogP contribution in [0.4, 0.5) is 24.7 Å². The van der Waals surface area contributed by atoms with Crippen molar-refractivity contribution in [3.05, 3.63) is 90.2 Å². The number of nitrogens with two attached hydrogens (primary N) is 2. The van der Waals surface area contributed by atoms with E-state index in [1.807, 2.05) is 10.6 Å². The van der Waals surface area contributed by atoms with Crippen molar-refractivity contribution in [1.82, 2.24) is 29.5 Å². The molecule has 1 saturated heterocycles. The number of anilines is 2. The molecule has 4 aromatic heterocycles. The molecule has 0 saturated carbocycles. The number of halogens is 3. The minimum absolute atomic E-state index is 0.266. The van der Waals surface area contributed by atoms with Crippen LogP contribution in [0.2, 0.25) is 0 Å². The van der Waals surface area contributed by atoms with Crippen molar-refractivity contribution >= 4 is 22.7 Å². The first kappa shape index (κ1) is 24.7. The highest BCUT2D eigenvalue weighted by Gasteiger charge is 2.36. The van der Waals surface area contributed by atoms with Crippen LogP contribution in [0.15, 0.2) is 61.3 Å². The number of benzene rings is 1. The summed E-state index contributed by atoms with van der Waals surface area (Å²) >= 11 is 0.